The lowest BCUT2D eigenvalue weighted by Crippen LogP contribution is -2.42. The van der Waals surface area contributed by atoms with Gasteiger partial charge in [-0.3, -0.25) is 20.4 Å². The summed E-state index contributed by atoms with van der Waals surface area (Å²) >= 11 is 6.20. The predicted molar refractivity (Wildman–Crippen MR) is 95.3 cm³/mol. The molecule has 0 spiro atoms. The van der Waals surface area contributed by atoms with Crippen LogP contribution >= 0.6 is 11.6 Å². The molecule has 0 saturated heterocycles. The molecule has 0 saturated carbocycles. The molecule has 0 heterocycles. The first-order valence-corrected chi connectivity index (χ1v) is 8.58. The maximum Gasteiger partial charge on any atom is 0.338 e. The summed E-state index contributed by atoms with van der Waals surface area (Å²) in [4.78, 5) is 34.3. The third kappa shape index (κ3) is 7.18. The van der Waals surface area contributed by atoms with Gasteiger partial charge < -0.3 is 14.2 Å². The normalized spacial score (nSPS) is 10.0. The summed E-state index contributed by atoms with van der Waals surface area (Å²) in [5.74, 6) is -1.20. The van der Waals surface area contributed by atoms with Gasteiger partial charge in [-0.15, -0.1) is 0 Å². The Morgan fingerprint density at radius 1 is 1.12 bits per heavy atom. The second-order valence-corrected chi connectivity index (χ2v) is 5.63. The number of amides is 2. The lowest BCUT2D eigenvalue weighted by molar-refractivity contribution is -0.129. The molecule has 144 valence electrons. The van der Waals surface area contributed by atoms with Gasteiger partial charge in [-0.05, 0) is 25.5 Å². The summed E-state index contributed by atoms with van der Waals surface area (Å²) < 4.78 is 16.0. The van der Waals surface area contributed by atoms with Crippen molar-refractivity contribution in [3.05, 3.63) is 22.7 Å². The van der Waals surface area contributed by atoms with Crippen LogP contribution in [0.4, 0.5) is 0 Å². The van der Waals surface area contributed by atoms with Crippen LogP contribution in [0, 0.1) is 0 Å². The molecule has 26 heavy (non-hydrogen) atoms. The number of rotatable bonds is 9. The van der Waals surface area contributed by atoms with Crippen molar-refractivity contribution < 1.29 is 28.6 Å². The number of unbranched alkanes of at least 4 members (excludes halogenated alkanes) is 1. The minimum Gasteiger partial charge on any atom is -0.490 e. The lowest BCUT2D eigenvalue weighted by Gasteiger charge is -2.15. The summed E-state index contributed by atoms with van der Waals surface area (Å²) in [6.07, 6.45) is 1.82. The summed E-state index contributed by atoms with van der Waals surface area (Å²) in [5, 5.41) is 0.210. The molecule has 1 aromatic rings. The monoisotopic (exact) mass is 386 g/mol. The number of hydrogen-bond acceptors (Lipinski definition) is 6. The van der Waals surface area contributed by atoms with Crippen molar-refractivity contribution in [2.75, 3.05) is 19.8 Å². The van der Waals surface area contributed by atoms with E-state index in [1.807, 2.05) is 6.92 Å². The van der Waals surface area contributed by atoms with Gasteiger partial charge in [0.05, 0.1) is 23.8 Å². The highest BCUT2D eigenvalue weighted by Gasteiger charge is 2.18. The van der Waals surface area contributed by atoms with Gasteiger partial charge in [0, 0.05) is 6.92 Å². The topological polar surface area (TPSA) is 103 Å². The van der Waals surface area contributed by atoms with E-state index in [0.29, 0.717) is 24.7 Å². The van der Waals surface area contributed by atoms with Crippen LogP contribution in [-0.2, 0) is 14.3 Å². The standard InChI is InChI=1S/C17H23ClN2O6/c1-4-6-7-25-16-13(18)8-12(9-14(16)24-5-2)17(23)26-10-15(22)20-19-11(3)21/h8-9H,4-7,10H2,1-3H3,(H,19,21)(H,20,22). The smallest absolute Gasteiger partial charge is 0.338 e. The van der Waals surface area contributed by atoms with E-state index in [2.05, 4.69) is 10.9 Å². The average Bonchev–Trinajstić information content (AvgIpc) is 2.60. The van der Waals surface area contributed by atoms with E-state index in [1.165, 1.54) is 19.1 Å². The van der Waals surface area contributed by atoms with Crippen molar-refractivity contribution in [1.29, 1.82) is 0 Å². The third-order valence-electron chi connectivity index (χ3n) is 3.00. The zero-order valence-electron chi connectivity index (χ0n) is 15.0. The quantitative estimate of drug-likeness (QED) is 0.383. The zero-order valence-corrected chi connectivity index (χ0v) is 15.8. The van der Waals surface area contributed by atoms with Gasteiger partial charge in [-0.2, -0.15) is 0 Å². The molecule has 0 aliphatic carbocycles. The van der Waals surface area contributed by atoms with Gasteiger partial charge in [0.2, 0.25) is 5.91 Å². The van der Waals surface area contributed by atoms with Crippen LogP contribution < -0.4 is 20.3 Å². The molecule has 0 radical (unpaired) electrons. The first kappa shape index (κ1) is 21.6. The Kier molecular flexibility index (Phi) is 9.29. The Morgan fingerprint density at radius 2 is 1.85 bits per heavy atom. The van der Waals surface area contributed by atoms with E-state index >= 15 is 0 Å². The second kappa shape index (κ2) is 11.2. The van der Waals surface area contributed by atoms with Gasteiger partial charge in [-0.25, -0.2) is 4.79 Å². The fourth-order valence-electron chi connectivity index (χ4n) is 1.82. The molecule has 8 nitrogen and oxygen atoms in total. The number of hydrazine groups is 1. The molecular formula is C17H23ClN2O6. The summed E-state index contributed by atoms with van der Waals surface area (Å²) in [5.41, 5.74) is 4.29. The zero-order chi connectivity index (χ0) is 19.5. The van der Waals surface area contributed by atoms with E-state index in [0.717, 1.165) is 12.8 Å². The fraction of sp³-hybridized carbons (Fsp3) is 0.471. The SMILES string of the molecule is CCCCOc1c(Cl)cc(C(=O)OCC(=O)NNC(C)=O)cc1OCC. The van der Waals surface area contributed by atoms with Crippen LogP contribution in [0.1, 0.15) is 44.0 Å². The minimum absolute atomic E-state index is 0.119. The number of carbonyl (C=O) groups is 3. The molecule has 0 fully saturated rings. The highest BCUT2D eigenvalue weighted by molar-refractivity contribution is 6.32. The van der Waals surface area contributed by atoms with Crippen molar-refractivity contribution in [2.45, 2.75) is 33.6 Å². The van der Waals surface area contributed by atoms with Crippen molar-refractivity contribution in [1.82, 2.24) is 10.9 Å². The Balaban J connectivity index is 2.80. The molecular weight excluding hydrogens is 364 g/mol. The molecule has 0 bridgehead atoms. The van der Waals surface area contributed by atoms with Crippen molar-refractivity contribution in [2.24, 2.45) is 0 Å². The first-order chi connectivity index (χ1) is 12.4. The van der Waals surface area contributed by atoms with E-state index < -0.39 is 24.4 Å². The van der Waals surface area contributed by atoms with E-state index in [4.69, 9.17) is 25.8 Å². The molecule has 2 amide bonds. The molecule has 0 aromatic heterocycles. The van der Waals surface area contributed by atoms with Crippen LogP contribution in [0.15, 0.2) is 12.1 Å². The number of halogens is 1. The molecule has 0 aliphatic rings. The second-order valence-electron chi connectivity index (χ2n) is 5.23. The lowest BCUT2D eigenvalue weighted by atomic mass is 10.2. The van der Waals surface area contributed by atoms with Gasteiger partial charge in [0.15, 0.2) is 18.1 Å². The Morgan fingerprint density at radius 3 is 2.46 bits per heavy atom. The predicted octanol–water partition coefficient (Wildman–Crippen LogP) is 2.24. The van der Waals surface area contributed by atoms with Crippen LogP contribution in [0.3, 0.4) is 0 Å². The fourth-order valence-corrected chi connectivity index (χ4v) is 2.08. The Bertz CT molecular complexity index is 650. The van der Waals surface area contributed by atoms with Gasteiger partial charge >= 0.3 is 5.97 Å². The van der Waals surface area contributed by atoms with Crippen LogP contribution in [0.25, 0.3) is 0 Å². The number of nitrogens with one attached hydrogen (secondary N) is 2. The molecule has 9 heteroatoms. The number of esters is 1. The highest BCUT2D eigenvalue weighted by Crippen LogP contribution is 2.37. The Hall–Kier alpha value is -2.48. The van der Waals surface area contributed by atoms with E-state index in [1.54, 1.807) is 6.92 Å². The number of ether oxygens (including phenoxy) is 3. The van der Waals surface area contributed by atoms with Gasteiger partial charge in [-0.1, -0.05) is 24.9 Å². The highest BCUT2D eigenvalue weighted by atomic mass is 35.5. The molecule has 1 rings (SSSR count). The van der Waals surface area contributed by atoms with Gasteiger partial charge in [0.1, 0.15) is 0 Å². The van der Waals surface area contributed by atoms with Crippen LogP contribution in [0.2, 0.25) is 5.02 Å². The number of hydrogen-bond donors (Lipinski definition) is 2. The van der Waals surface area contributed by atoms with Crippen LogP contribution in [0.5, 0.6) is 11.5 Å². The molecule has 0 unspecified atom stereocenters. The minimum atomic E-state index is -0.758. The van der Waals surface area contributed by atoms with Crippen molar-refractivity contribution in [3.63, 3.8) is 0 Å². The summed E-state index contributed by atoms with van der Waals surface area (Å²) in [6, 6.07) is 2.84. The van der Waals surface area contributed by atoms with Gasteiger partial charge in [0.25, 0.3) is 5.91 Å². The Labute approximate surface area is 157 Å². The van der Waals surface area contributed by atoms with Crippen molar-refractivity contribution >= 4 is 29.4 Å². The number of carbonyl (C=O) groups excluding carboxylic acids is 3. The summed E-state index contributed by atoms with van der Waals surface area (Å²) in [6.45, 7) is 5.33. The number of benzene rings is 1. The van der Waals surface area contributed by atoms with Crippen molar-refractivity contribution in [3.8, 4) is 11.5 Å². The van der Waals surface area contributed by atoms with Crippen LogP contribution in [-0.4, -0.2) is 37.6 Å². The maximum absolute atomic E-state index is 12.1. The maximum atomic E-state index is 12.1. The molecule has 2 N–H and O–H groups in total. The molecule has 0 aliphatic heterocycles. The summed E-state index contributed by atoms with van der Waals surface area (Å²) in [7, 11) is 0. The first-order valence-electron chi connectivity index (χ1n) is 8.20. The largest absolute Gasteiger partial charge is 0.490 e. The average molecular weight is 387 g/mol. The third-order valence-corrected chi connectivity index (χ3v) is 3.28. The van der Waals surface area contributed by atoms with E-state index in [-0.39, 0.29) is 10.6 Å². The van der Waals surface area contributed by atoms with E-state index in [9.17, 15) is 14.4 Å². The molecule has 0 atom stereocenters. The molecule has 1 aromatic carbocycles.